The van der Waals surface area contributed by atoms with Crippen molar-refractivity contribution in [1.82, 2.24) is 10.4 Å². The Labute approximate surface area is 138 Å². The SMILES string of the molecule is CCOc1ccc(C=NNC(=O)c2sc(N)nc2C)cc1OC. The predicted molar refractivity (Wildman–Crippen MR) is 90.5 cm³/mol. The highest BCUT2D eigenvalue weighted by molar-refractivity contribution is 7.17. The molecule has 0 aliphatic rings. The van der Waals surface area contributed by atoms with Crippen LogP contribution in [-0.4, -0.2) is 30.8 Å². The fraction of sp³-hybridized carbons (Fsp3) is 0.267. The third-order valence-corrected chi connectivity index (χ3v) is 3.87. The molecule has 2 rings (SSSR count). The van der Waals surface area contributed by atoms with Crippen LogP contribution < -0.4 is 20.6 Å². The number of ether oxygens (including phenoxy) is 2. The van der Waals surface area contributed by atoms with Gasteiger partial charge in [0.1, 0.15) is 4.88 Å². The van der Waals surface area contributed by atoms with E-state index in [1.165, 1.54) is 6.21 Å². The molecule has 122 valence electrons. The topological polar surface area (TPSA) is 98.8 Å². The number of nitrogen functional groups attached to an aromatic ring is 1. The van der Waals surface area contributed by atoms with Crippen molar-refractivity contribution in [1.29, 1.82) is 0 Å². The van der Waals surface area contributed by atoms with E-state index in [-0.39, 0.29) is 5.91 Å². The van der Waals surface area contributed by atoms with Gasteiger partial charge in [-0.15, -0.1) is 0 Å². The second-order valence-electron chi connectivity index (χ2n) is 4.51. The Morgan fingerprint density at radius 3 is 2.87 bits per heavy atom. The second-order valence-corrected chi connectivity index (χ2v) is 5.54. The highest BCUT2D eigenvalue weighted by Crippen LogP contribution is 2.27. The molecule has 0 saturated carbocycles. The Bertz CT molecular complexity index is 728. The van der Waals surface area contributed by atoms with Gasteiger partial charge in [0.15, 0.2) is 16.6 Å². The molecule has 23 heavy (non-hydrogen) atoms. The van der Waals surface area contributed by atoms with Crippen molar-refractivity contribution in [2.24, 2.45) is 5.10 Å². The highest BCUT2D eigenvalue weighted by atomic mass is 32.1. The lowest BCUT2D eigenvalue weighted by Gasteiger charge is -2.09. The Morgan fingerprint density at radius 1 is 1.48 bits per heavy atom. The third kappa shape index (κ3) is 4.19. The summed E-state index contributed by atoms with van der Waals surface area (Å²) < 4.78 is 10.7. The van der Waals surface area contributed by atoms with Crippen LogP contribution in [0.5, 0.6) is 11.5 Å². The van der Waals surface area contributed by atoms with Gasteiger partial charge in [-0.3, -0.25) is 4.79 Å². The highest BCUT2D eigenvalue weighted by Gasteiger charge is 2.13. The quantitative estimate of drug-likeness (QED) is 0.623. The van der Waals surface area contributed by atoms with Crippen LogP contribution >= 0.6 is 11.3 Å². The van der Waals surface area contributed by atoms with E-state index < -0.39 is 0 Å². The van der Waals surface area contributed by atoms with Gasteiger partial charge < -0.3 is 15.2 Å². The molecule has 1 heterocycles. The lowest BCUT2D eigenvalue weighted by atomic mass is 10.2. The molecule has 2 aromatic rings. The fourth-order valence-electron chi connectivity index (χ4n) is 1.88. The first-order valence-electron chi connectivity index (χ1n) is 6.92. The maximum atomic E-state index is 12.0. The van der Waals surface area contributed by atoms with E-state index in [2.05, 4.69) is 15.5 Å². The molecule has 1 aromatic heterocycles. The summed E-state index contributed by atoms with van der Waals surface area (Å²) in [5, 5.41) is 4.29. The number of hydrogen-bond acceptors (Lipinski definition) is 7. The first kappa shape index (κ1) is 16.8. The predicted octanol–water partition coefficient (Wildman–Crippen LogP) is 2.20. The summed E-state index contributed by atoms with van der Waals surface area (Å²) in [5.74, 6) is 0.922. The van der Waals surface area contributed by atoms with Gasteiger partial charge in [0.05, 0.1) is 25.6 Å². The number of nitrogens with one attached hydrogen (secondary N) is 1. The van der Waals surface area contributed by atoms with Crippen molar-refractivity contribution in [3.8, 4) is 11.5 Å². The standard InChI is InChI=1S/C15H18N4O3S/c1-4-22-11-6-5-10(7-12(11)21-3)8-17-19-14(20)13-9(2)18-15(16)23-13/h5-8H,4H2,1-3H3,(H2,16,18)(H,19,20). The average Bonchev–Trinajstić information content (AvgIpc) is 2.87. The minimum Gasteiger partial charge on any atom is -0.493 e. The number of aromatic nitrogens is 1. The van der Waals surface area contributed by atoms with Gasteiger partial charge in [0.2, 0.25) is 0 Å². The van der Waals surface area contributed by atoms with E-state index in [0.29, 0.717) is 33.8 Å². The number of rotatable bonds is 6. The summed E-state index contributed by atoms with van der Waals surface area (Å²) in [7, 11) is 1.57. The molecule has 0 unspecified atom stereocenters. The molecular formula is C15H18N4O3S. The van der Waals surface area contributed by atoms with Crippen molar-refractivity contribution >= 4 is 28.6 Å². The van der Waals surface area contributed by atoms with E-state index in [1.807, 2.05) is 13.0 Å². The number of benzene rings is 1. The number of hydrogen-bond donors (Lipinski definition) is 2. The van der Waals surface area contributed by atoms with E-state index in [1.54, 1.807) is 26.2 Å². The summed E-state index contributed by atoms with van der Waals surface area (Å²) in [5.41, 5.74) is 9.38. The van der Waals surface area contributed by atoms with Crippen LogP contribution in [0.3, 0.4) is 0 Å². The molecule has 7 nitrogen and oxygen atoms in total. The number of amides is 1. The first-order chi connectivity index (χ1) is 11.0. The van der Waals surface area contributed by atoms with E-state index >= 15 is 0 Å². The molecule has 0 spiro atoms. The van der Waals surface area contributed by atoms with Crippen LogP contribution in [0.1, 0.15) is 27.9 Å². The zero-order valence-electron chi connectivity index (χ0n) is 13.1. The molecule has 0 fully saturated rings. The fourth-order valence-corrected chi connectivity index (χ4v) is 2.61. The number of anilines is 1. The molecule has 0 atom stereocenters. The minimum atomic E-state index is -0.342. The van der Waals surface area contributed by atoms with E-state index in [9.17, 15) is 4.79 Å². The van der Waals surface area contributed by atoms with E-state index in [4.69, 9.17) is 15.2 Å². The second kappa shape index (κ2) is 7.59. The number of carbonyl (C=O) groups excluding carboxylic acids is 1. The molecular weight excluding hydrogens is 316 g/mol. The number of carbonyl (C=O) groups is 1. The molecule has 8 heteroatoms. The van der Waals surface area contributed by atoms with Crippen molar-refractivity contribution in [2.75, 3.05) is 19.5 Å². The van der Waals surface area contributed by atoms with Crippen LogP contribution in [0.4, 0.5) is 5.13 Å². The van der Waals surface area contributed by atoms with Crippen LogP contribution in [0.2, 0.25) is 0 Å². The Morgan fingerprint density at radius 2 is 2.26 bits per heavy atom. The molecule has 1 aromatic carbocycles. The van der Waals surface area contributed by atoms with Gasteiger partial charge in [0, 0.05) is 0 Å². The van der Waals surface area contributed by atoms with Gasteiger partial charge in [-0.25, -0.2) is 10.4 Å². The minimum absolute atomic E-state index is 0.342. The maximum absolute atomic E-state index is 12.0. The van der Waals surface area contributed by atoms with Gasteiger partial charge in [-0.2, -0.15) is 5.10 Å². The molecule has 3 N–H and O–H groups in total. The Hall–Kier alpha value is -2.61. The zero-order chi connectivity index (χ0) is 16.8. The summed E-state index contributed by atoms with van der Waals surface area (Å²) in [4.78, 5) is 16.4. The molecule has 0 saturated heterocycles. The Kier molecular flexibility index (Phi) is 5.53. The number of aryl methyl sites for hydroxylation is 1. The summed E-state index contributed by atoms with van der Waals surface area (Å²) >= 11 is 1.13. The lowest BCUT2D eigenvalue weighted by Crippen LogP contribution is -2.17. The van der Waals surface area contributed by atoms with Gasteiger partial charge >= 0.3 is 0 Å². The molecule has 0 aliphatic carbocycles. The number of hydrazone groups is 1. The van der Waals surface area contributed by atoms with Crippen LogP contribution in [0.25, 0.3) is 0 Å². The average molecular weight is 334 g/mol. The van der Waals surface area contributed by atoms with Crippen LogP contribution in [0, 0.1) is 6.92 Å². The maximum Gasteiger partial charge on any atom is 0.283 e. The van der Waals surface area contributed by atoms with Crippen molar-refractivity contribution < 1.29 is 14.3 Å². The number of methoxy groups -OCH3 is 1. The molecule has 0 bridgehead atoms. The normalized spacial score (nSPS) is 10.7. The number of nitrogens with two attached hydrogens (primary N) is 1. The third-order valence-electron chi connectivity index (χ3n) is 2.89. The Balaban J connectivity index is 2.05. The summed E-state index contributed by atoms with van der Waals surface area (Å²) in [6.07, 6.45) is 1.52. The summed E-state index contributed by atoms with van der Waals surface area (Å²) in [6.45, 7) is 4.18. The monoisotopic (exact) mass is 334 g/mol. The molecule has 1 amide bonds. The number of thiazole rings is 1. The summed E-state index contributed by atoms with van der Waals surface area (Å²) in [6, 6.07) is 5.38. The smallest absolute Gasteiger partial charge is 0.283 e. The van der Waals surface area contributed by atoms with Crippen molar-refractivity contribution in [3.05, 3.63) is 34.3 Å². The lowest BCUT2D eigenvalue weighted by molar-refractivity contribution is 0.0958. The van der Waals surface area contributed by atoms with Crippen LogP contribution in [-0.2, 0) is 0 Å². The number of nitrogens with zero attached hydrogens (tertiary/aromatic N) is 2. The van der Waals surface area contributed by atoms with Crippen molar-refractivity contribution in [2.45, 2.75) is 13.8 Å². The molecule has 0 radical (unpaired) electrons. The zero-order valence-corrected chi connectivity index (χ0v) is 13.9. The first-order valence-corrected chi connectivity index (χ1v) is 7.74. The van der Waals surface area contributed by atoms with Gasteiger partial charge in [-0.05, 0) is 37.6 Å². The van der Waals surface area contributed by atoms with Crippen LogP contribution in [0.15, 0.2) is 23.3 Å². The van der Waals surface area contributed by atoms with Gasteiger partial charge in [-0.1, -0.05) is 11.3 Å². The van der Waals surface area contributed by atoms with Gasteiger partial charge in [0.25, 0.3) is 5.91 Å². The van der Waals surface area contributed by atoms with E-state index in [0.717, 1.165) is 16.9 Å². The largest absolute Gasteiger partial charge is 0.493 e. The van der Waals surface area contributed by atoms with Crippen molar-refractivity contribution in [3.63, 3.8) is 0 Å². The molecule has 0 aliphatic heterocycles.